The van der Waals surface area contributed by atoms with Crippen molar-refractivity contribution in [2.45, 2.75) is 65.5 Å². The highest BCUT2D eigenvalue weighted by molar-refractivity contribution is 5.94. The first-order valence-corrected chi connectivity index (χ1v) is 8.18. The lowest BCUT2D eigenvalue weighted by atomic mass is 9.78. The molecule has 2 rings (SSSR count). The van der Waals surface area contributed by atoms with Gasteiger partial charge in [0.2, 0.25) is 0 Å². The number of nitrogens with two attached hydrogens (primary N) is 1. The van der Waals surface area contributed by atoms with E-state index in [9.17, 15) is 4.79 Å². The van der Waals surface area contributed by atoms with Crippen LogP contribution in [0.3, 0.4) is 0 Å². The molecular formula is C17H29N3O. The highest BCUT2D eigenvalue weighted by Crippen LogP contribution is 2.30. The third-order valence-corrected chi connectivity index (χ3v) is 4.65. The van der Waals surface area contributed by atoms with Gasteiger partial charge in [-0.3, -0.25) is 4.79 Å². The fourth-order valence-electron chi connectivity index (χ4n) is 3.49. The van der Waals surface area contributed by atoms with Crippen molar-refractivity contribution in [3.8, 4) is 0 Å². The van der Waals surface area contributed by atoms with Gasteiger partial charge in [0.15, 0.2) is 0 Å². The highest BCUT2D eigenvalue weighted by atomic mass is 16.2. The summed E-state index contributed by atoms with van der Waals surface area (Å²) < 4.78 is 1.96. The number of hydrogen-bond donors (Lipinski definition) is 2. The van der Waals surface area contributed by atoms with Crippen molar-refractivity contribution in [1.29, 1.82) is 0 Å². The Balaban J connectivity index is 2.13. The van der Waals surface area contributed by atoms with E-state index < -0.39 is 0 Å². The fraction of sp³-hybridized carbons (Fsp3) is 0.706. The number of nitrogen functional groups attached to an aromatic ring is 1. The largest absolute Gasteiger partial charge is 0.397 e. The van der Waals surface area contributed by atoms with Crippen molar-refractivity contribution in [2.75, 3.05) is 5.73 Å². The molecule has 0 radical (unpaired) electrons. The molecule has 0 aromatic carbocycles. The van der Waals surface area contributed by atoms with E-state index in [2.05, 4.69) is 33.0 Å². The van der Waals surface area contributed by atoms with Crippen LogP contribution in [0.15, 0.2) is 12.3 Å². The van der Waals surface area contributed by atoms with Crippen LogP contribution in [0.5, 0.6) is 0 Å². The monoisotopic (exact) mass is 291 g/mol. The summed E-state index contributed by atoms with van der Waals surface area (Å²) in [6, 6.07) is 2.31. The quantitative estimate of drug-likeness (QED) is 0.890. The average molecular weight is 291 g/mol. The number of carbonyl (C=O) groups is 1. The number of amides is 1. The smallest absolute Gasteiger partial charge is 0.268 e. The van der Waals surface area contributed by atoms with E-state index in [1.165, 1.54) is 19.3 Å². The summed E-state index contributed by atoms with van der Waals surface area (Å²) in [5.41, 5.74) is 7.19. The maximum Gasteiger partial charge on any atom is 0.268 e. The number of rotatable bonds is 4. The Hall–Kier alpha value is -1.45. The first-order valence-electron chi connectivity index (χ1n) is 8.18. The first kappa shape index (κ1) is 15.9. The van der Waals surface area contributed by atoms with Crippen LogP contribution in [0.1, 0.15) is 69.9 Å². The number of hydrogen-bond acceptors (Lipinski definition) is 2. The van der Waals surface area contributed by atoms with Gasteiger partial charge in [-0.25, -0.2) is 0 Å². The maximum atomic E-state index is 12.6. The van der Waals surface area contributed by atoms with Crippen molar-refractivity contribution < 1.29 is 4.79 Å². The van der Waals surface area contributed by atoms with Crippen LogP contribution >= 0.6 is 0 Å². The lowest BCUT2D eigenvalue weighted by Gasteiger charge is -2.35. The molecule has 21 heavy (non-hydrogen) atoms. The van der Waals surface area contributed by atoms with Gasteiger partial charge in [0, 0.05) is 18.3 Å². The van der Waals surface area contributed by atoms with E-state index in [1.54, 1.807) is 6.07 Å². The molecule has 2 unspecified atom stereocenters. The molecule has 1 aliphatic rings. The zero-order chi connectivity index (χ0) is 15.6. The molecular weight excluding hydrogens is 262 g/mol. The summed E-state index contributed by atoms with van der Waals surface area (Å²) in [4.78, 5) is 12.6. The summed E-state index contributed by atoms with van der Waals surface area (Å²) in [6.07, 6.45) is 6.65. The van der Waals surface area contributed by atoms with E-state index in [1.807, 2.05) is 10.8 Å². The molecule has 0 bridgehead atoms. The molecule has 1 amide bonds. The van der Waals surface area contributed by atoms with Gasteiger partial charge in [-0.15, -0.1) is 0 Å². The Morgan fingerprint density at radius 2 is 1.95 bits per heavy atom. The second kappa shape index (κ2) is 6.54. The molecule has 3 N–H and O–H groups in total. The fourth-order valence-corrected chi connectivity index (χ4v) is 3.49. The van der Waals surface area contributed by atoms with Crippen LogP contribution in [0.4, 0.5) is 5.69 Å². The molecule has 1 fully saturated rings. The molecule has 1 aromatic heterocycles. The number of anilines is 1. The molecule has 1 aromatic rings. The van der Waals surface area contributed by atoms with Gasteiger partial charge in [-0.1, -0.05) is 26.7 Å². The van der Waals surface area contributed by atoms with E-state index in [-0.39, 0.29) is 11.9 Å². The lowest BCUT2D eigenvalue weighted by molar-refractivity contribution is 0.0878. The Labute approximate surface area is 128 Å². The molecule has 0 aliphatic heterocycles. The van der Waals surface area contributed by atoms with Gasteiger partial charge >= 0.3 is 0 Å². The van der Waals surface area contributed by atoms with Crippen LogP contribution in [0, 0.1) is 11.8 Å². The van der Waals surface area contributed by atoms with Gasteiger partial charge in [-0.2, -0.15) is 0 Å². The van der Waals surface area contributed by atoms with Crippen molar-refractivity contribution >= 4 is 11.6 Å². The lowest BCUT2D eigenvalue weighted by Crippen LogP contribution is -2.44. The number of aromatic nitrogens is 1. The standard InChI is InChI=1S/C17H29N3O/c1-11(2)14-7-5-6-8-15(14)19-17(21)16-9-13(18)10-20(16)12(3)4/h9-12,14-15H,5-8,18H2,1-4H3,(H,19,21). The number of nitrogens with zero attached hydrogens (tertiary/aromatic N) is 1. The first-order chi connectivity index (χ1) is 9.90. The minimum Gasteiger partial charge on any atom is -0.397 e. The minimum absolute atomic E-state index is 0.0120. The van der Waals surface area contributed by atoms with E-state index in [0.717, 1.165) is 6.42 Å². The van der Waals surface area contributed by atoms with E-state index in [0.29, 0.717) is 29.3 Å². The normalized spacial score (nSPS) is 22.8. The molecule has 1 saturated carbocycles. The summed E-state index contributed by atoms with van der Waals surface area (Å²) in [5, 5.41) is 3.26. The third kappa shape index (κ3) is 3.60. The Morgan fingerprint density at radius 3 is 2.57 bits per heavy atom. The van der Waals surface area contributed by atoms with Gasteiger partial charge < -0.3 is 15.6 Å². The van der Waals surface area contributed by atoms with Crippen LogP contribution in [0.25, 0.3) is 0 Å². The minimum atomic E-state index is 0.0120. The Morgan fingerprint density at radius 1 is 1.29 bits per heavy atom. The Bertz CT molecular complexity index is 490. The van der Waals surface area contributed by atoms with Crippen LogP contribution in [-0.2, 0) is 0 Å². The molecule has 0 saturated heterocycles. The molecule has 0 spiro atoms. The number of nitrogens with one attached hydrogen (secondary N) is 1. The molecule has 2 atom stereocenters. The predicted molar refractivity (Wildman–Crippen MR) is 87.3 cm³/mol. The molecule has 4 nitrogen and oxygen atoms in total. The zero-order valence-corrected chi connectivity index (χ0v) is 13.7. The van der Waals surface area contributed by atoms with Crippen molar-refractivity contribution in [1.82, 2.24) is 9.88 Å². The van der Waals surface area contributed by atoms with Crippen LogP contribution in [0.2, 0.25) is 0 Å². The second-order valence-electron chi connectivity index (χ2n) is 6.93. The molecule has 4 heteroatoms. The highest BCUT2D eigenvalue weighted by Gasteiger charge is 2.29. The summed E-state index contributed by atoms with van der Waals surface area (Å²) >= 11 is 0. The van der Waals surface area contributed by atoms with E-state index in [4.69, 9.17) is 5.73 Å². The van der Waals surface area contributed by atoms with Gasteiger partial charge in [0.25, 0.3) is 5.91 Å². The zero-order valence-electron chi connectivity index (χ0n) is 13.7. The topological polar surface area (TPSA) is 60.1 Å². The van der Waals surface area contributed by atoms with Crippen molar-refractivity contribution in [3.05, 3.63) is 18.0 Å². The predicted octanol–water partition coefficient (Wildman–Crippen LogP) is 3.60. The number of carbonyl (C=O) groups excluding carboxylic acids is 1. The Kier molecular flexibility index (Phi) is 4.96. The maximum absolute atomic E-state index is 12.6. The summed E-state index contributed by atoms with van der Waals surface area (Å²) in [6.45, 7) is 8.63. The van der Waals surface area contributed by atoms with Gasteiger partial charge in [0.05, 0.1) is 5.69 Å². The summed E-state index contributed by atoms with van der Waals surface area (Å²) in [5.74, 6) is 1.21. The summed E-state index contributed by atoms with van der Waals surface area (Å²) in [7, 11) is 0. The van der Waals surface area contributed by atoms with E-state index >= 15 is 0 Å². The van der Waals surface area contributed by atoms with Crippen LogP contribution in [-0.4, -0.2) is 16.5 Å². The third-order valence-electron chi connectivity index (χ3n) is 4.65. The van der Waals surface area contributed by atoms with Gasteiger partial charge in [-0.05, 0) is 44.6 Å². The molecule has 1 aliphatic carbocycles. The SMILES string of the molecule is CC(C)C1CCCCC1NC(=O)c1cc(N)cn1C(C)C. The van der Waals surface area contributed by atoms with Crippen molar-refractivity contribution in [3.63, 3.8) is 0 Å². The second-order valence-corrected chi connectivity index (χ2v) is 6.93. The van der Waals surface area contributed by atoms with Gasteiger partial charge in [0.1, 0.15) is 5.69 Å². The molecule has 118 valence electrons. The van der Waals surface area contributed by atoms with Crippen LogP contribution < -0.4 is 11.1 Å². The van der Waals surface area contributed by atoms with Crippen molar-refractivity contribution in [2.24, 2.45) is 11.8 Å². The average Bonchev–Trinajstić information content (AvgIpc) is 2.81. The molecule has 1 heterocycles.